The molecule has 1 aromatic carbocycles. The maximum atomic E-state index is 12.6. The maximum Gasteiger partial charge on any atom is 0.282 e. The third kappa shape index (κ3) is 3.02. The summed E-state index contributed by atoms with van der Waals surface area (Å²) in [5, 5.41) is 6.14. The van der Waals surface area contributed by atoms with Crippen molar-refractivity contribution in [1.82, 2.24) is 14.6 Å². The van der Waals surface area contributed by atoms with Crippen LogP contribution in [0.25, 0.3) is 21.1 Å². The summed E-state index contributed by atoms with van der Waals surface area (Å²) >= 11 is 7.81. The highest BCUT2D eigenvalue weighted by molar-refractivity contribution is 7.18. The lowest BCUT2D eigenvalue weighted by atomic mass is 10.1. The highest BCUT2D eigenvalue weighted by Gasteiger charge is 2.08. The molecular weight excluding hydrogens is 368 g/mol. The number of aromatic nitrogens is 3. The number of hydrogen-bond acceptors (Lipinski definition) is 5. The van der Waals surface area contributed by atoms with Gasteiger partial charge in [0.2, 0.25) is 0 Å². The fourth-order valence-corrected chi connectivity index (χ4v) is 3.82. The molecule has 0 spiro atoms. The van der Waals surface area contributed by atoms with Crippen molar-refractivity contribution in [3.05, 3.63) is 68.2 Å². The van der Waals surface area contributed by atoms with E-state index in [1.807, 2.05) is 37.3 Å². The van der Waals surface area contributed by atoms with Crippen molar-refractivity contribution in [2.45, 2.75) is 20.3 Å². The Labute approximate surface area is 158 Å². The van der Waals surface area contributed by atoms with E-state index in [0.29, 0.717) is 16.1 Å². The van der Waals surface area contributed by atoms with Gasteiger partial charge in [0.1, 0.15) is 16.3 Å². The number of benzene rings is 1. The third-order valence-corrected chi connectivity index (χ3v) is 5.60. The fourth-order valence-electron chi connectivity index (χ4n) is 2.70. The van der Waals surface area contributed by atoms with Gasteiger partial charge in [-0.3, -0.25) is 4.79 Å². The topological polar surface area (TPSA) is 60.1 Å². The van der Waals surface area contributed by atoms with Gasteiger partial charge in [-0.25, -0.2) is 9.97 Å². The van der Waals surface area contributed by atoms with E-state index in [-0.39, 0.29) is 5.56 Å². The van der Waals surface area contributed by atoms with Gasteiger partial charge >= 0.3 is 0 Å². The number of hydrogen-bond donors (Lipinski definition) is 0. The molecule has 130 valence electrons. The minimum Gasteiger partial charge on any atom is -0.267 e. The SMILES string of the molecule is CCc1cc2c(=O)n(/N=C\c3cc4ccc(C)cc4nc3Cl)cnc2s1. The maximum absolute atomic E-state index is 12.6. The van der Waals surface area contributed by atoms with Crippen molar-refractivity contribution in [2.24, 2.45) is 5.10 Å². The Bertz CT molecular complexity index is 1230. The van der Waals surface area contributed by atoms with E-state index < -0.39 is 0 Å². The van der Waals surface area contributed by atoms with Crippen molar-refractivity contribution < 1.29 is 0 Å². The number of thiophene rings is 1. The molecule has 7 heteroatoms. The minimum atomic E-state index is -0.192. The van der Waals surface area contributed by atoms with E-state index in [1.165, 1.54) is 28.6 Å². The zero-order valence-corrected chi connectivity index (χ0v) is 15.8. The van der Waals surface area contributed by atoms with Crippen LogP contribution >= 0.6 is 22.9 Å². The summed E-state index contributed by atoms with van der Waals surface area (Å²) in [4.78, 5) is 23.2. The average molecular weight is 383 g/mol. The fraction of sp³-hybridized carbons (Fsp3) is 0.158. The number of pyridine rings is 1. The van der Waals surface area contributed by atoms with Crippen molar-refractivity contribution in [3.63, 3.8) is 0 Å². The lowest BCUT2D eigenvalue weighted by molar-refractivity contribution is 0.818. The Kier molecular flexibility index (Phi) is 4.30. The molecule has 0 atom stereocenters. The highest BCUT2D eigenvalue weighted by atomic mass is 35.5. The van der Waals surface area contributed by atoms with E-state index in [9.17, 15) is 4.79 Å². The standard InChI is InChI=1S/C19H15ClN4OS/c1-3-14-8-15-18(26-14)21-10-24(19(15)25)22-9-13-7-12-5-4-11(2)6-16(12)23-17(13)20/h4-10H,3H2,1-2H3/b22-9-. The number of halogens is 1. The zero-order valence-electron chi connectivity index (χ0n) is 14.2. The van der Waals surface area contributed by atoms with Crippen molar-refractivity contribution in [2.75, 3.05) is 0 Å². The molecule has 3 aromatic heterocycles. The van der Waals surface area contributed by atoms with Crippen LogP contribution < -0.4 is 5.56 Å². The molecule has 0 bridgehead atoms. The number of nitrogens with zero attached hydrogens (tertiary/aromatic N) is 4. The minimum absolute atomic E-state index is 0.192. The molecule has 0 N–H and O–H groups in total. The first-order valence-corrected chi connectivity index (χ1v) is 9.36. The monoisotopic (exact) mass is 382 g/mol. The molecule has 0 unspecified atom stereocenters. The second-order valence-corrected chi connectivity index (χ2v) is 7.46. The zero-order chi connectivity index (χ0) is 18.3. The molecule has 26 heavy (non-hydrogen) atoms. The quantitative estimate of drug-likeness (QED) is 0.389. The largest absolute Gasteiger partial charge is 0.282 e. The molecule has 0 amide bonds. The Morgan fingerprint density at radius 3 is 2.96 bits per heavy atom. The van der Waals surface area contributed by atoms with Crippen molar-refractivity contribution >= 4 is 50.3 Å². The predicted octanol–water partition coefficient (Wildman–Crippen LogP) is 4.41. The van der Waals surface area contributed by atoms with Gasteiger partial charge in [-0.1, -0.05) is 30.7 Å². The van der Waals surface area contributed by atoms with Crippen molar-refractivity contribution in [3.8, 4) is 0 Å². The van der Waals surface area contributed by atoms with Crippen LogP contribution in [0.15, 0.2) is 46.6 Å². The molecule has 0 saturated carbocycles. The molecule has 0 fully saturated rings. The molecule has 0 aliphatic carbocycles. The summed E-state index contributed by atoms with van der Waals surface area (Å²) in [5.74, 6) is 0. The smallest absolute Gasteiger partial charge is 0.267 e. The summed E-state index contributed by atoms with van der Waals surface area (Å²) in [7, 11) is 0. The van der Waals surface area contributed by atoms with Gasteiger partial charge in [0.25, 0.3) is 5.56 Å². The molecule has 5 nitrogen and oxygen atoms in total. The molecule has 4 rings (SSSR count). The Morgan fingerprint density at radius 2 is 2.15 bits per heavy atom. The summed E-state index contributed by atoms with van der Waals surface area (Å²) in [6, 6.07) is 9.77. The van der Waals surface area contributed by atoms with Gasteiger partial charge in [-0.15, -0.1) is 11.3 Å². The molecule has 0 aliphatic rings. The first-order chi connectivity index (χ1) is 12.5. The molecule has 0 aliphatic heterocycles. The summed E-state index contributed by atoms with van der Waals surface area (Å²) in [6.45, 7) is 4.06. The van der Waals surface area contributed by atoms with Gasteiger partial charge in [-0.05, 0) is 37.1 Å². The Morgan fingerprint density at radius 1 is 1.31 bits per heavy atom. The van der Waals surface area contributed by atoms with E-state index in [1.54, 1.807) is 0 Å². The van der Waals surface area contributed by atoms with E-state index in [2.05, 4.69) is 22.0 Å². The Balaban J connectivity index is 1.76. The van der Waals surface area contributed by atoms with Crippen LogP contribution in [0.3, 0.4) is 0 Å². The van der Waals surface area contributed by atoms with Gasteiger partial charge in [0, 0.05) is 15.8 Å². The number of rotatable bonds is 3. The third-order valence-electron chi connectivity index (χ3n) is 4.11. The summed E-state index contributed by atoms with van der Waals surface area (Å²) < 4.78 is 1.23. The van der Waals surface area contributed by atoms with Crippen LogP contribution in [0.4, 0.5) is 0 Å². The average Bonchev–Trinajstić information content (AvgIpc) is 3.05. The van der Waals surface area contributed by atoms with E-state index in [4.69, 9.17) is 11.6 Å². The number of aryl methyl sites for hydroxylation is 2. The Hall–Kier alpha value is -2.57. The second-order valence-electron chi connectivity index (χ2n) is 5.99. The van der Waals surface area contributed by atoms with E-state index in [0.717, 1.165) is 32.6 Å². The number of fused-ring (bicyclic) bond motifs is 2. The molecule has 0 saturated heterocycles. The summed E-state index contributed by atoms with van der Waals surface area (Å²) in [6.07, 6.45) is 3.85. The first-order valence-electron chi connectivity index (χ1n) is 8.16. The normalized spacial score (nSPS) is 11.8. The van der Waals surface area contributed by atoms with Crippen LogP contribution in [0, 0.1) is 6.92 Å². The molecule has 4 aromatic rings. The van der Waals surface area contributed by atoms with Gasteiger partial charge < -0.3 is 0 Å². The molecular formula is C19H15ClN4OS. The predicted molar refractivity (Wildman–Crippen MR) is 108 cm³/mol. The van der Waals surface area contributed by atoms with Crippen LogP contribution in [0.2, 0.25) is 5.15 Å². The van der Waals surface area contributed by atoms with Crippen LogP contribution in [-0.4, -0.2) is 20.9 Å². The van der Waals surface area contributed by atoms with Crippen molar-refractivity contribution in [1.29, 1.82) is 0 Å². The van der Waals surface area contributed by atoms with Crippen LogP contribution in [-0.2, 0) is 6.42 Å². The van der Waals surface area contributed by atoms with Gasteiger partial charge in [-0.2, -0.15) is 9.78 Å². The first kappa shape index (κ1) is 16.9. The molecule has 0 radical (unpaired) electrons. The molecule has 3 heterocycles. The second kappa shape index (κ2) is 6.63. The summed E-state index contributed by atoms with van der Waals surface area (Å²) in [5.41, 5.74) is 2.41. The lowest BCUT2D eigenvalue weighted by Gasteiger charge is -2.03. The van der Waals surface area contributed by atoms with Gasteiger partial charge in [0.05, 0.1) is 17.1 Å². The highest BCUT2D eigenvalue weighted by Crippen LogP contribution is 2.22. The lowest BCUT2D eigenvalue weighted by Crippen LogP contribution is -2.16. The van der Waals surface area contributed by atoms with Crippen LogP contribution in [0.1, 0.15) is 22.9 Å². The van der Waals surface area contributed by atoms with Crippen LogP contribution in [0.5, 0.6) is 0 Å². The van der Waals surface area contributed by atoms with Gasteiger partial charge in [0.15, 0.2) is 0 Å². The van der Waals surface area contributed by atoms with E-state index >= 15 is 0 Å².